The molecule has 0 aliphatic carbocycles. The van der Waals surface area contributed by atoms with Gasteiger partial charge in [0, 0.05) is 12.6 Å². The number of nitrogens with zero attached hydrogens (tertiary/aromatic N) is 1. The summed E-state index contributed by atoms with van der Waals surface area (Å²) >= 11 is 0. The van der Waals surface area contributed by atoms with Gasteiger partial charge in [-0.25, -0.2) is 0 Å². The SMILES string of the molecule is CNC(CCC(=O)O)(C(=O)NC=O)c1ccccn1. The van der Waals surface area contributed by atoms with Gasteiger partial charge in [0.15, 0.2) is 0 Å². The molecule has 1 aromatic heterocycles. The van der Waals surface area contributed by atoms with E-state index in [1.807, 2.05) is 5.32 Å². The van der Waals surface area contributed by atoms with Crippen LogP contribution in [0.15, 0.2) is 24.4 Å². The summed E-state index contributed by atoms with van der Waals surface area (Å²) in [5.41, 5.74) is -0.987. The lowest BCUT2D eigenvalue weighted by Gasteiger charge is -2.30. The Morgan fingerprint density at radius 1 is 1.47 bits per heavy atom. The average molecular weight is 265 g/mol. The first-order chi connectivity index (χ1) is 9.06. The Bertz CT molecular complexity index is 463. The maximum absolute atomic E-state index is 12.1. The molecule has 1 atom stereocenters. The third kappa shape index (κ3) is 3.35. The number of pyridine rings is 1. The Balaban J connectivity index is 3.16. The van der Waals surface area contributed by atoms with Crippen LogP contribution < -0.4 is 10.6 Å². The molecule has 1 unspecified atom stereocenters. The molecule has 1 rings (SSSR count). The minimum atomic E-state index is -1.35. The van der Waals surface area contributed by atoms with Crippen molar-refractivity contribution in [1.29, 1.82) is 0 Å². The molecular weight excluding hydrogens is 250 g/mol. The van der Waals surface area contributed by atoms with Gasteiger partial charge in [-0.15, -0.1) is 0 Å². The number of amides is 2. The van der Waals surface area contributed by atoms with Gasteiger partial charge in [0.25, 0.3) is 5.91 Å². The summed E-state index contributed by atoms with van der Waals surface area (Å²) in [5, 5.41) is 13.6. The van der Waals surface area contributed by atoms with E-state index in [2.05, 4.69) is 10.3 Å². The van der Waals surface area contributed by atoms with E-state index < -0.39 is 17.4 Å². The second-order valence-electron chi connectivity index (χ2n) is 3.86. The molecule has 0 spiro atoms. The Morgan fingerprint density at radius 2 is 2.21 bits per heavy atom. The van der Waals surface area contributed by atoms with E-state index >= 15 is 0 Å². The lowest BCUT2D eigenvalue weighted by Crippen LogP contribution is -2.53. The first-order valence-electron chi connectivity index (χ1n) is 5.63. The van der Waals surface area contributed by atoms with E-state index in [-0.39, 0.29) is 19.3 Å². The number of aromatic nitrogens is 1. The van der Waals surface area contributed by atoms with Gasteiger partial charge >= 0.3 is 5.97 Å². The molecule has 3 N–H and O–H groups in total. The van der Waals surface area contributed by atoms with Crippen LogP contribution in [-0.4, -0.2) is 35.4 Å². The Kier molecular flexibility index (Phi) is 5.13. The van der Waals surface area contributed by atoms with Gasteiger partial charge in [0.2, 0.25) is 6.41 Å². The number of carbonyl (C=O) groups is 3. The second-order valence-corrected chi connectivity index (χ2v) is 3.86. The summed E-state index contributed by atoms with van der Waals surface area (Å²) in [4.78, 5) is 37.3. The van der Waals surface area contributed by atoms with Crippen molar-refractivity contribution >= 4 is 18.3 Å². The second kappa shape index (κ2) is 6.60. The average Bonchev–Trinajstić information content (AvgIpc) is 2.41. The summed E-state index contributed by atoms with van der Waals surface area (Å²) in [6, 6.07) is 4.96. The molecule has 1 heterocycles. The van der Waals surface area contributed by atoms with Crippen molar-refractivity contribution in [2.24, 2.45) is 0 Å². The van der Waals surface area contributed by atoms with Crippen LogP contribution in [-0.2, 0) is 19.9 Å². The number of aliphatic carboxylic acids is 1. The van der Waals surface area contributed by atoms with E-state index in [9.17, 15) is 14.4 Å². The molecule has 7 heteroatoms. The minimum absolute atomic E-state index is 0.0183. The standard InChI is InChI=1S/C12H15N3O4/c1-13-12(6-5-10(17)18,11(19)15-8-16)9-4-2-3-7-14-9/h2-4,7-8,13H,5-6H2,1H3,(H,17,18)(H,15,16,19). The first-order valence-corrected chi connectivity index (χ1v) is 5.63. The van der Waals surface area contributed by atoms with Gasteiger partial charge < -0.3 is 10.4 Å². The van der Waals surface area contributed by atoms with Crippen molar-refractivity contribution in [2.75, 3.05) is 7.05 Å². The number of likely N-dealkylation sites (N-methyl/N-ethyl adjacent to an activating group) is 1. The molecule has 2 amide bonds. The summed E-state index contributed by atoms with van der Waals surface area (Å²) in [6.45, 7) is 0. The van der Waals surface area contributed by atoms with E-state index in [1.54, 1.807) is 18.2 Å². The highest BCUT2D eigenvalue weighted by atomic mass is 16.4. The zero-order valence-electron chi connectivity index (χ0n) is 10.4. The molecule has 102 valence electrons. The monoisotopic (exact) mass is 265 g/mol. The molecule has 1 aromatic rings. The van der Waals surface area contributed by atoms with Crippen molar-refractivity contribution in [3.63, 3.8) is 0 Å². The van der Waals surface area contributed by atoms with Gasteiger partial charge in [-0.2, -0.15) is 0 Å². The highest BCUT2D eigenvalue weighted by Gasteiger charge is 2.40. The Labute approximate surface area is 110 Å². The third-order valence-electron chi connectivity index (χ3n) is 2.82. The number of carboxylic acids is 1. The zero-order chi connectivity index (χ0) is 14.3. The highest BCUT2D eigenvalue weighted by Crippen LogP contribution is 2.25. The molecule has 19 heavy (non-hydrogen) atoms. The normalized spacial score (nSPS) is 13.3. The van der Waals surface area contributed by atoms with E-state index in [1.165, 1.54) is 13.2 Å². The smallest absolute Gasteiger partial charge is 0.303 e. The number of hydrogen-bond acceptors (Lipinski definition) is 5. The van der Waals surface area contributed by atoms with Crippen molar-refractivity contribution in [3.8, 4) is 0 Å². The molecular formula is C12H15N3O4. The van der Waals surface area contributed by atoms with Gasteiger partial charge in [-0.3, -0.25) is 24.7 Å². The lowest BCUT2D eigenvalue weighted by atomic mass is 9.88. The van der Waals surface area contributed by atoms with Gasteiger partial charge in [-0.05, 0) is 25.6 Å². The largest absolute Gasteiger partial charge is 0.481 e. The fourth-order valence-corrected chi connectivity index (χ4v) is 1.81. The summed E-state index contributed by atoms with van der Waals surface area (Å²) < 4.78 is 0. The van der Waals surface area contributed by atoms with Crippen molar-refractivity contribution in [2.45, 2.75) is 18.4 Å². The van der Waals surface area contributed by atoms with Gasteiger partial charge in [0.05, 0.1) is 5.69 Å². The number of imide groups is 1. The van der Waals surface area contributed by atoms with E-state index in [0.29, 0.717) is 5.69 Å². The Hall–Kier alpha value is -2.28. The fraction of sp³-hybridized carbons (Fsp3) is 0.333. The van der Waals surface area contributed by atoms with Crippen LogP contribution in [0.4, 0.5) is 0 Å². The van der Waals surface area contributed by atoms with Crippen LogP contribution in [0, 0.1) is 0 Å². The lowest BCUT2D eigenvalue weighted by molar-refractivity contribution is -0.138. The molecule has 7 nitrogen and oxygen atoms in total. The van der Waals surface area contributed by atoms with Crippen molar-refractivity contribution < 1.29 is 19.5 Å². The number of carboxylic acid groups (broad SMARTS) is 1. The maximum atomic E-state index is 12.1. The molecule has 0 radical (unpaired) electrons. The predicted octanol–water partition coefficient (Wildman–Crippen LogP) is -0.366. The quantitative estimate of drug-likeness (QED) is 0.581. The predicted molar refractivity (Wildman–Crippen MR) is 66.1 cm³/mol. The number of nitrogens with one attached hydrogen (secondary N) is 2. The van der Waals surface area contributed by atoms with Crippen LogP contribution in [0.1, 0.15) is 18.5 Å². The molecule has 0 saturated carbocycles. The van der Waals surface area contributed by atoms with Gasteiger partial charge in [-0.1, -0.05) is 6.07 Å². The van der Waals surface area contributed by atoms with Crippen LogP contribution in [0.25, 0.3) is 0 Å². The minimum Gasteiger partial charge on any atom is -0.481 e. The molecule has 0 saturated heterocycles. The Morgan fingerprint density at radius 3 is 2.68 bits per heavy atom. The number of hydrogen-bond donors (Lipinski definition) is 3. The topological polar surface area (TPSA) is 108 Å². The van der Waals surface area contributed by atoms with E-state index in [4.69, 9.17) is 5.11 Å². The van der Waals surface area contributed by atoms with Gasteiger partial charge in [0.1, 0.15) is 5.54 Å². The fourth-order valence-electron chi connectivity index (χ4n) is 1.81. The molecule has 0 bridgehead atoms. The number of rotatable bonds is 7. The first kappa shape index (κ1) is 14.8. The van der Waals surface area contributed by atoms with Crippen LogP contribution in [0.5, 0.6) is 0 Å². The van der Waals surface area contributed by atoms with Crippen LogP contribution >= 0.6 is 0 Å². The van der Waals surface area contributed by atoms with Crippen molar-refractivity contribution in [1.82, 2.24) is 15.6 Å². The number of carbonyl (C=O) groups excluding carboxylic acids is 2. The zero-order valence-corrected chi connectivity index (χ0v) is 10.4. The van der Waals surface area contributed by atoms with E-state index in [0.717, 1.165) is 0 Å². The molecule has 0 aliphatic rings. The molecule has 0 aromatic carbocycles. The summed E-state index contributed by atoms with van der Waals surface area (Å²) in [7, 11) is 1.51. The van der Waals surface area contributed by atoms with Crippen LogP contribution in [0.2, 0.25) is 0 Å². The molecule has 0 aliphatic heterocycles. The van der Waals surface area contributed by atoms with Crippen LogP contribution in [0.3, 0.4) is 0 Å². The maximum Gasteiger partial charge on any atom is 0.303 e. The summed E-state index contributed by atoms with van der Waals surface area (Å²) in [6.07, 6.45) is 1.51. The highest BCUT2D eigenvalue weighted by molar-refractivity contribution is 5.94. The third-order valence-corrected chi connectivity index (χ3v) is 2.82. The van der Waals surface area contributed by atoms with Crippen molar-refractivity contribution in [3.05, 3.63) is 30.1 Å². The summed E-state index contributed by atoms with van der Waals surface area (Å²) in [5.74, 6) is -1.67. The molecule has 0 fully saturated rings.